The fourth-order valence-corrected chi connectivity index (χ4v) is 1.84. The average Bonchev–Trinajstić information content (AvgIpc) is 2.29. The number of halogens is 3. The molecule has 0 aliphatic heterocycles. The van der Waals surface area contributed by atoms with Crippen molar-refractivity contribution in [2.75, 3.05) is 4.43 Å². The summed E-state index contributed by atoms with van der Waals surface area (Å²) in [6.45, 7) is 0. The van der Waals surface area contributed by atoms with Gasteiger partial charge in [-0.1, -0.05) is 51.9 Å². The predicted octanol–water partition coefficient (Wildman–Crippen LogP) is 4.15. The molecule has 1 N–H and O–H groups in total. The van der Waals surface area contributed by atoms with Crippen LogP contribution < -0.4 is 0 Å². The van der Waals surface area contributed by atoms with Gasteiger partial charge in [0.05, 0.1) is 14.5 Å². The number of ketones is 1. The summed E-state index contributed by atoms with van der Waals surface area (Å²) < 4.78 is 0.492. The number of hydrogen-bond donors (Lipinski definition) is 1. The first kappa shape index (κ1) is 13.9. The van der Waals surface area contributed by atoms with Gasteiger partial charge in [-0.15, -0.1) is 0 Å². The van der Waals surface area contributed by atoms with Gasteiger partial charge in [-0.3, -0.25) is 4.79 Å². The first-order chi connectivity index (χ1) is 7.54. The molecule has 0 radical (unpaired) electrons. The highest BCUT2D eigenvalue weighted by molar-refractivity contribution is 14.1. The molecule has 0 fully saturated rings. The van der Waals surface area contributed by atoms with Crippen LogP contribution in [0.3, 0.4) is 0 Å². The number of alkyl halides is 1. The fraction of sp³-hybridized carbons (Fsp3) is 0.273. The summed E-state index contributed by atoms with van der Waals surface area (Å²) in [5, 5.41) is 8.72. The van der Waals surface area contributed by atoms with Crippen LogP contribution in [0.2, 0.25) is 10.0 Å². The topological polar surface area (TPSA) is 40.9 Å². The molecule has 0 aliphatic carbocycles. The molecule has 1 aromatic rings. The second-order valence-corrected chi connectivity index (χ2v) is 4.86. The SMILES string of the molecule is N=C(CCC(=O)CI)c1ccc(Cl)c(Cl)c1. The highest BCUT2D eigenvalue weighted by Crippen LogP contribution is 2.23. The van der Waals surface area contributed by atoms with Crippen molar-refractivity contribution in [2.24, 2.45) is 0 Å². The van der Waals surface area contributed by atoms with Crippen molar-refractivity contribution in [3.05, 3.63) is 33.8 Å². The maximum atomic E-state index is 11.1. The molecule has 0 saturated heterocycles. The van der Waals surface area contributed by atoms with Crippen LogP contribution in [0.5, 0.6) is 0 Å². The van der Waals surface area contributed by atoms with Gasteiger partial charge in [0.25, 0.3) is 0 Å². The lowest BCUT2D eigenvalue weighted by atomic mass is 10.0. The van der Waals surface area contributed by atoms with Crippen LogP contribution >= 0.6 is 45.8 Å². The van der Waals surface area contributed by atoms with E-state index in [4.69, 9.17) is 28.6 Å². The molecule has 0 atom stereocenters. The highest BCUT2D eigenvalue weighted by Gasteiger charge is 2.07. The molecule has 86 valence electrons. The lowest BCUT2D eigenvalue weighted by Gasteiger charge is -2.04. The third-order valence-electron chi connectivity index (χ3n) is 2.07. The second-order valence-electron chi connectivity index (χ2n) is 3.28. The molecule has 16 heavy (non-hydrogen) atoms. The first-order valence-corrected chi connectivity index (χ1v) is 6.93. The Hall–Kier alpha value is -0.130. The third kappa shape index (κ3) is 4.03. The van der Waals surface area contributed by atoms with Gasteiger partial charge in [-0.2, -0.15) is 0 Å². The van der Waals surface area contributed by atoms with Crippen LogP contribution in [0, 0.1) is 5.41 Å². The Morgan fingerprint density at radius 3 is 2.50 bits per heavy atom. The molecular formula is C11H10Cl2INO. The molecule has 0 aliphatic rings. The number of nitrogens with one attached hydrogen (secondary N) is 1. The van der Waals surface area contributed by atoms with E-state index in [-0.39, 0.29) is 5.78 Å². The summed E-state index contributed by atoms with van der Waals surface area (Å²) in [5.74, 6) is 0.158. The first-order valence-electron chi connectivity index (χ1n) is 4.65. The standard InChI is InChI=1S/C11H10Cl2INO/c12-9-3-1-7(5-10(9)13)11(15)4-2-8(16)6-14/h1,3,5,15H,2,4,6H2. The molecule has 1 aromatic carbocycles. The van der Waals surface area contributed by atoms with Crippen molar-refractivity contribution in [2.45, 2.75) is 12.8 Å². The van der Waals surface area contributed by atoms with E-state index in [9.17, 15) is 4.79 Å². The Morgan fingerprint density at radius 1 is 1.25 bits per heavy atom. The smallest absolute Gasteiger partial charge is 0.142 e. The number of rotatable bonds is 5. The molecule has 0 unspecified atom stereocenters. The third-order valence-corrected chi connectivity index (χ3v) is 3.66. The lowest BCUT2D eigenvalue weighted by molar-refractivity contribution is -0.116. The summed E-state index contributed by atoms with van der Waals surface area (Å²) in [6, 6.07) is 5.06. The van der Waals surface area contributed by atoms with Crippen molar-refractivity contribution < 1.29 is 4.79 Å². The van der Waals surface area contributed by atoms with Crippen LogP contribution in [-0.2, 0) is 4.79 Å². The minimum Gasteiger partial charge on any atom is -0.305 e. The zero-order chi connectivity index (χ0) is 12.1. The summed E-state index contributed by atoms with van der Waals surface area (Å²) >= 11 is 13.7. The van der Waals surface area contributed by atoms with Gasteiger partial charge in [0.15, 0.2) is 0 Å². The Kier molecular flexibility index (Phi) is 5.72. The van der Waals surface area contributed by atoms with Gasteiger partial charge in [-0.05, 0) is 24.1 Å². The van der Waals surface area contributed by atoms with E-state index in [0.29, 0.717) is 33.0 Å². The van der Waals surface area contributed by atoms with Gasteiger partial charge in [0.2, 0.25) is 0 Å². The van der Waals surface area contributed by atoms with Crippen molar-refractivity contribution in [1.29, 1.82) is 5.41 Å². The van der Waals surface area contributed by atoms with Crippen LogP contribution in [0.1, 0.15) is 18.4 Å². The largest absolute Gasteiger partial charge is 0.305 e. The monoisotopic (exact) mass is 369 g/mol. The van der Waals surface area contributed by atoms with Gasteiger partial charge >= 0.3 is 0 Å². The Balaban J connectivity index is 2.66. The zero-order valence-corrected chi connectivity index (χ0v) is 12.1. The Bertz CT molecular complexity index is 420. The van der Waals surface area contributed by atoms with E-state index in [1.807, 2.05) is 22.6 Å². The van der Waals surface area contributed by atoms with Gasteiger partial charge < -0.3 is 5.41 Å². The van der Waals surface area contributed by atoms with Crippen LogP contribution in [0.15, 0.2) is 18.2 Å². The Morgan fingerprint density at radius 2 is 1.94 bits per heavy atom. The van der Waals surface area contributed by atoms with E-state index in [0.717, 1.165) is 5.56 Å². The molecule has 0 heterocycles. The van der Waals surface area contributed by atoms with Gasteiger partial charge in [0.1, 0.15) is 5.78 Å². The fourth-order valence-electron chi connectivity index (χ4n) is 1.16. The van der Waals surface area contributed by atoms with E-state index < -0.39 is 0 Å². The van der Waals surface area contributed by atoms with Crippen LogP contribution in [0.4, 0.5) is 0 Å². The summed E-state index contributed by atoms with van der Waals surface area (Å²) in [6.07, 6.45) is 0.849. The van der Waals surface area contributed by atoms with E-state index in [2.05, 4.69) is 0 Å². The van der Waals surface area contributed by atoms with Crippen LogP contribution in [-0.4, -0.2) is 15.9 Å². The van der Waals surface area contributed by atoms with Crippen molar-refractivity contribution in [3.8, 4) is 0 Å². The molecular weight excluding hydrogens is 360 g/mol. The normalized spacial score (nSPS) is 10.2. The molecule has 5 heteroatoms. The molecule has 0 amide bonds. The van der Waals surface area contributed by atoms with Crippen molar-refractivity contribution >= 4 is 57.3 Å². The van der Waals surface area contributed by atoms with Gasteiger partial charge in [-0.25, -0.2) is 0 Å². The number of Topliss-reactive ketones (excluding diaryl/α,β-unsaturated/α-hetero) is 1. The molecule has 0 bridgehead atoms. The number of carbonyl (C=O) groups is 1. The molecule has 2 nitrogen and oxygen atoms in total. The quantitative estimate of drug-likeness (QED) is 0.473. The zero-order valence-electron chi connectivity index (χ0n) is 8.40. The number of hydrogen-bond acceptors (Lipinski definition) is 2. The Labute approximate surface area is 118 Å². The summed E-state index contributed by atoms with van der Waals surface area (Å²) in [4.78, 5) is 11.1. The summed E-state index contributed by atoms with van der Waals surface area (Å²) in [7, 11) is 0. The van der Waals surface area contributed by atoms with Gasteiger partial charge in [0, 0.05) is 12.1 Å². The lowest BCUT2D eigenvalue weighted by Crippen LogP contribution is -2.05. The highest BCUT2D eigenvalue weighted by atomic mass is 127. The molecule has 0 aromatic heterocycles. The summed E-state index contributed by atoms with van der Waals surface area (Å²) in [5.41, 5.74) is 1.13. The maximum Gasteiger partial charge on any atom is 0.142 e. The maximum absolute atomic E-state index is 11.1. The van der Waals surface area contributed by atoms with E-state index in [1.54, 1.807) is 18.2 Å². The predicted molar refractivity (Wildman–Crippen MR) is 76.4 cm³/mol. The number of carbonyl (C=O) groups excluding carboxylic acids is 1. The van der Waals surface area contributed by atoms with E-state index in [1.165, 1.54) is 0 Å². The average molecular weight is 370 g/mol. The van der Waals surface area contributed by atoms with Crippen LogP contribution in [0.25, 0.3) is 0 Å². The number of benzene rings is 1. The minimum absolute atomic E-state index is 0.158. The van der Waals surface area contributed by atoms with Crippen molar-refractivity contribution in [1.82, 2.24) is 0 Å². The molecule has 0 spiro atoms. The molecule has 1 rings (SSSR count). The van der Waals surface area contributed by atoms with Crippen molar-refractivity contribution in [3.63, 3.8) is 0 Å². The second kappa shape index (κ2) is 6.57. The van der Waals surface area contributed by atoms with E-state index >= 15 is 0 Å². The minimum atomic E-state index is 0.158. The molecule has 0 saturated carbocycles.